The highest BCUT2D eigenvalue weighted by molar-refractivity contribution is 14.1. The maximum atomic E-state index is 11.3. The van der Waals surface area contributed by atoms with Crippen LogP contribution in [-0.4, -0.2) is 20.9 Å². The van der Waals surface area contributed by atoms with Gasteiger partial charge in [0.05, 0.1) is 16.3 Å². The quantitative estimate of drug-likeness (QED) is 0.868. The average Bonchev–Trinajstić information content (AvgIpc) is 2.73. The van der Waals surface area contributed by atoms with Crippen LogP contribution in [0, 0.1) is 3.57 Å². The van der Waals surface area contributed by atoms with Crippen molar-refractivity contribution in [1.82, 2.24) is 9.78 Å². The zero-order valence-corrected chi connectivity index (χ0v) is 11.1. The first-order valence-electron chi connectivity index (χ1n) is 5.12. The lowest BCUT2D eigenvalue weighted by molar-refractivity contribution is -0.139. The smallest absolute Gasteiger partial charge is 0.312 e. The van der Waals surface area contributed by atoms with Crippen LogP contribution in [0.2, 0.25) is 0 Å². The molecule has 17 heavy (non-hydrogen) atoms. The minimum Gasteiger partial charge on any atom is -0.481 e. The molecule has 0 aliphatic rings. The van der Waals surface area contributed by atoms with E-state index in [0.29, 0.717) is 6.54 Å². The number of carboxylic acids is 1. The third-order valence-corrected chi connectivity index (χ3v) is 3.03. The summed E-state index contributed by atoms with van der Waals surface area (Å²) in [6, 6.07) is 9.22. The minimum absolute atomic E-state index is 0.350. The first-order valence-corrected chi connectivity index (χ1v) is 6.20. The van der Waals surface area contributed by atoms with Crippen molar-refractivity contribution < 1.29 is 9.90 Å². The Hall–Kier alpha value is -1.37. The van der Waals surface area contributed by atoms with E-state index < -0.39 is 11.9 Å². The fourth-order valence-corrected chi connectivity index (χ4v) is 2.08. The van der Waals surface area contributed by atoms with Crippen LogP contribution < -0.4 is 0 Å². The van der Waals surface area contributed by atoms with Gasteiger partial charge in [0.1, 0.15) is 5.92 Å². The van der Waals surface area contributed by atoms with E-state index in [4.69, 9.17) is 0 Å². The predicted octanol–water partition coefficient (Wildman–Crippen LogP) is 2.36. The van der Waals surface area contributed by atoms with Gasteiger partial charge in [-0.1, -0.05) is 30.3 Å². The number of halogens is 1. The van der Waals surface area contributed by atoms with Gasteiger partial charge in [0, 0.05) is 6.20 Å². The van der Waals surface area contributed by atoms with E-state index in [1.54, 1.807) is 10.9 Å². The third-order valence-electron chi connectivity index (χ3n) is 2.47. The number of benzene rings is 1. The van der Waals surface area contributed by atoms with Gasteiger partial charge < -0.3 is 5.11 Å². The Kier molecular flexibility index (Phi) is 3.78. The monoisotopic (exact) mass is 342 g/mol. The summed E-state index contributed by atoms with van der Waals surface area (Å²) >= 11 is 2.15. The molecule has 1 heterocycles. The Balaban J connectivity index is 2.22. The number of carboxylic acid groups (broad SMARTS) is 1. The molecule has 1 aromatic carbocycles. The number of hydrogen-bond donors (Lipinski definition) is 1. The van der Waals surface area contributed by atoms with Gasteiger partial charge in [0.15, 0.2) is 0 Å². The zero-order chi connectivity index (χ0) is 12.3. The third kappa shape index (κ3) is 3.06. The summed E-state index contributed by atoms with van der Waals surface area (Å²) in [5, 5.41) is 13.4. The standard InChI is InChI=1S/C12H11IN2O2/c13-10-6-14-15(7-10)8-11(12(16)17)9-4-2-1-3-5-9/h1-7,11H,8H2,(H,16,17). The Bertz CT molecular complexity index is 510. The largest absolute Gasteiger partial charge is 0.481 e. The molecule has 0 saturated carbocycles. The molecule has 0 aliphatic carbocycles. The van der Waals surface area contributed by atoms with Crippen molar-refractivity contribution in [1.29, 1.82) is 0 Å². The van der Waals surface area contributed by atoms with Crippen molar-refractivity contribution in [2.24, 2.45) is 0 Å². The number of aromatic nitrogens is 2. The maximum absolute atomic E-state index is 11.3. The lowest BCUT2D eigenvalue weighted by Crippen LogP contribution is -2.18. The summed E-state index contributed by atoms with van der Waals surface area (Å²) in [4.78, 5) is 11.3. The second-order valence-electron chi connectivity index (χ2n) is 3.68. The summed E-state index contributed by atoms with van der Waals surface area (Å²) in [7, 11) is 0. The molecular weight excluding hydrogens is 331 g/mol. The van der Waals surface area contributed by atoms with Gasteiger partial charge in [-0.25, -0.2) is 0 Å². The van der Waals surface area contributed by atoms with Gasteiger partial charge in [0.25, 0.3) is 0 Å². The molecule has 1 atom stereocenters. The van der Waals surface area contributed by atoms with Crippen LogP contribution in [0.1, 0.15) is 11.5 Å². The summed E-state index contributed by atoms with van der Waals surface area (Å²) in [6.07, 6.45) is 3.55. The number of hydrogen-bond acceptors (Lipinski definition) is 2. The van der Waals surface area contributed by atoms with E-state index in [-0.39, 0.29) is 0 Å². The van der Waals surface area contributed by atoms with Crippen LogP contribution in [0.5, 0.6) is 0 Å². The molecule has 0 spiro atoms. The molecule has 88 valence electrons. The van der Waals surface area contributed by atoms with Crippen LogP contribution in [0.15, 0.2) is 42.7 Å². The number of rotatable bonds is 4. The van der Waals surface area contributed by atoms with Gasteiger partial charge in [-0.15, -0.1) is 0 Å². The highest BCUT2D eigenvalue weighted by Crippen LogP contribution is 2.18. The zero-order valence-electron chi connectivity index (χ0n) is 8.95. The first-order chi connectivity index (χ1) is 8.16. The SMILES string of the molecule is O=C(O)C(Cn1cc(I)cn1)c1ccccc1. The Labute approximate surface area is 112 Å². The highest BCUT2D eigenvalue weighted by atomic mass is 127. The second kappa shape index (κ2) is 5.31. The summed E-state index contributed by atoms with van der Waals surface area (Å²) in [5.41, 5.74) is 0.797. The van der Waals surface area contributed by atoms with Crippen LogP contribution in [-0.2, 0) is 11.3 Å². The molecule has 0 fully saturated rings. The molecule has 0 amide bonds. The predicted molar refractivity (Wildman–Crippen MR) is 71.8 cm³/mol. The van der Waals surface area contributed by atoms with E-state index in [2.05, 4.69) is 27.7 Å². The maximum Gasteiger partial charge on any atom is 0.312 e. The van der Waals surface area contributed by atoms with E-state index in [1.165, 1.54) is 0 Å². The number of aliphatic carboxylic acids is 1. The van der Waals surface area contributed by atoms with E-state index >= 15 is 0 Å². The summed E-state index contributed by atoms with van der Waals surface area (Å²) in [5.74, 6) is -1.39. The van der Waals surface area contributed by atoms with E-state index in [9.17, 15) is 9.90 Å². The molecule has 2 rings (SSSR count). The van der Waals surface area contributed by atoms with Crippen molar-refractivity contribution in [3.05, 3.63) is 51.9 Å². The van der Waals surface area contributed by atoms with Gasteiger partial charge in [-0.3, -0.25) is 9.48 Å². The Morgan fingerprint density at radius 3 is 2.65 bits per heavy atom. The minimum atomic E-state index is -0.832. The highest BCUT2D eigenvalue weighted by Gasteiger charge is 2.20. The molecule has 4 nitrogen and oxygen atoms in total. The van der Waals surface area contributed by atoms with E-state index in [1.807, 2.05) is 36.5 Å². The van der Waals surface area contributed by atoms with Crippen molar-refractivity contribution >= 4 is 28.6 Å². The molecule has 0 aliphatic heterocycles. The average molecular weight is 342 g/mol. The lowest BCUT2D eigenvalue weighted by atomic mass is 9.99. The van der Waals surface area contributed by atoms with Crippen LogP contribution in [0.3, 0.4) is 0 Å². The van der Waals surface area contributed by atoms with Crippen molar-refractivity contribution in [3.63, 3.8) is 0 Å². The van der Waals surface area contributed by atoms with Crippen molar-refractivity contribution in [2.45, 2.75) is 12.5 Å². The van der Waals surface area contributed by atoms with E-state index in [0.717, 1.165) is 9.13 Å². The van der Waals surface area contributed by atoms with Crippen LogP contribution >= 0.6 is 22.6 Å². The van der Waals surface area contributed by atoms with Crippen LogP contribution in [0.25, 0.3) is 0 Å². The molecule has 2 aromatic rings. The van der Waals surface area contributed by atoms with Crippen molar-refractivity contribution in [2.75, 3.05) is 0 Å². The fourth-order valence-electron chi connectivity index (χ4n) is 1.64. The lowest BCUT2D eigenvalue weighted by Gasteiger charge is -2.12. The van der Waals surface area contributed by atoms with Gasteiger partial charge in [-0.05, 0) is 28.2 Å². The molecule has 5 heteroatoms. The molecule has 1 N–H and O–H groups in total. The number of nitrogens with zero attached hydrogens (tertiary/aromatic N) is 2. The summed E-state index contributed by atoms with van der Waals surface area (Å²) < 4.78 is 2.66. The summed E-state index contributed by atoms with van der Waals surface area (Å²) in [6.45, 7) is 0.350. The molecule has 0 radical (unpaired) electrons. The van der Waals surface area contributed by atoms with Crippen LogP contribution in [0.4, 0.5) is 0 Å². The Morgan fingerprint density at radius 2 is 2.12 bits per heavy atom. The first kappa shape index (κ1) is 12.1. The van der Waals surface area contributed by atoms with Gasteiger partial charge in [-0.2, -0.15) is 5.10 Å². The molecule has 1 aromatic heterocycles. The molecule has 0 bridgehead atoms. The van der Waals surface area contributed by atoms with Crippen molar-refractivity contribution in [3.8, 4) is 0 Å². The Morgan fingerprint density at radius 1 is 1.41 bits per heavy atom. The molecular formula is C12H11IN2O2. The number of carbonyl (C=O) groups is 1. The topological polar surface area (TPSA) is 55.1 Å². The van der Waals surface area contributed by atoms with Gasteiger partial charge >= 0.3 is 5.97 Å². The molecule has 0 saturated heterocycles. The second-order valence-corrected chi connectivity index (χ2v) is 4.93. The normalized spacial score (nSPS) is 12.3. The molecule has 1 unspecified atom stereocenters. The van der Waals surface area contributed by atoms with Gasteiger partial charge in [0.2, 0.25) is 0 Å². The fraction of sp³-hybridized carbons (Fsp3) is 0.167.